The molecule has 0 aromatic carbocycles. The highest BCUT2D eigenvalue weighted by Gasteiger charge is 2.34. The number of aromatic nitrogens is 1. The van der Waals surface area contributed by atoms with Crippen molar-refractivity contribution >= 4 is 11.3 Å². The first-order valence-electron chi connectivity index (χ1n) is 6.03. The second kappa shape index (κ2) is 4.09. The maximum atomic E-state index is 5.52. The minimum atomic E-state index is 0.224. The molecule has 2 aliphatic heterocycles. The molecule has 88 valence electrons. The molecule has 1 N–H and O–H groups in total. The van der Waals surface area contributed by atoms with E-state index < -0.39 is 0 Å². The zero-order chi connectivity index (χ0) is 11.0. The second-order valence-electron chi connectivity index (χ2n) is 5.12. The Morgan fingerprint density at radius 1 is 1.62 bits per heavy atom. The van der Waals surface area contributed by atoms with Crippen LogP contribution in [-0.4, -0.2) is 31.3 Å². The maximum Gasteiger partial charge on any atom is 0.0971 e. The summed E-state index contributed by atoms with van der Waals surface area (Å²) in [6, 6.07) is 0. The van der Waals surface area contributed by atoms with Gasteiger partial charge in [-0.3, -0.25) is 0 Å². The van der Waals surface area contributed by atoms with E-state index in [9.17, 15) is 0 Å². The Bertz CT molecular complexity index is 365. The molecular weight excluding hydrogens is 220 g/mol. The summed E-state index contributed by atoms with van der Waals surface area (Å²) in [6.45, 7) is 6.29. The number of hydrogen-bond acceptors (Lipinski definition) is 4. The Labute approximate surface area is 100 Å². The van der Waals surface area contributed by atoms with Crippen LogP contribution in [0, 0.1) is 0 Å². The summed E-state index contributed by atoms with van der Waals surface area (Å²) in [4.78, 5) is 6.02. The molecule has 3 heterocycles. The van der Waals surface area contributed by atoms with E-state index in [1.807, 2.05) is 11.3 Å². The average molecular weight is 238 g/mol. The third kappa shape index (κ3) is 1.79. The standard InChI is InChI=1S/C12H18N2OS/c1-12(3-5-15-8-12)10-7-14-11(16-10)9-2-4-13-6-9/h7,9,13H,2-6,8H2,1H3. The van der Waals surface area contributed by atoms with Crippen LogP contribution >= 0.6 is 11.3 Å². The summed E-state index contributed by atoms with van der Waals surface area (Å²) in [5.41, 5.74) is 0.224. The highest BCUT2D eigenvalue weighted by Crippen LogP contribution is 2.38. The molecule has 16 heavy (non-hydrogen) atoms. The number of nitrogens with zero attached hydrogens (tertiary/aromatic N) is 1. The minimum Gasteiger partial charge on any atom is -0.380 e. The maximum absolute atomic E-state index is 5.52. The molecule has 1 aromatic rings. The zero-order valence-electron chi connectivity index (χ0n) is 9.66. The fourth-order valence-corrected chi connectivity index (χ4v) is 3.69. The molecule has 0 spiro atoms. The van der Waals surface area contributed by atoms with Gasteiger partial charge in [0.1, 0.15) is 0 Å². The molecule has 2 unspecified atom stereocenters. The second-order valence-corrected chi connectivity index (χ2v) is 6.18. The van der Waals surface area contributed by atoms with E-state index in [1.54, 1.807) is 0 Å². The lowest BCUT2D eigenvalue weighted by Crippen LogP contribution is -2.19. The topological polar surface area (TPSA) is 34.2 Å². The van der Waals surface area contributed by atoms with Gasteiger partial charge < -0.3 is 10.1 Å². The van der Waals surface area contributed by atoms with Gasteiger partial charge in [-0.2, -0.15) is 0 Å². The smallest absolute Gasteiger partial charge is 0.0971 e. The van der Waals surface area contributed by atoms with Crippen LogP contribution < -0.4 is 5.32 Å². The SMILES string of the molecule is CC1(c2cnc(C3CCNC3)s2)CCOC1. The summed E-state index contributed by atoms with van der Waals surface area (Å²) in [6.07, 6.45) is 4.45. The van der Waals surface area contributed by atoms with E-state index in [1.165, 1.54) is 16.3 Å². The fourth-order valence-electron chi connectivity index (χ4n) is 2.48. The van der Waals surface area contributed by atoms with Gasteiger partial charge in [0.25, 0.3) is 0 Å². The van der Waals surface area contributed by atoms with Crippen LogP contribution in [0.15, 0.2) is 6.20 Å². The quantitative estimate of drug-likeness (QED) is 0.854. The monoisotopic (exact) mass is 238 g/mol. The first kappa shape index (κ1) is 10.7. The molecule has 2 saturated heterocycles. The van der Waals surface area contributed by atoms with Crippen molar-refractivity contribution in [3.8, 4) is 0 Å². The Morgan fingerprint density at radius 2 is 2.56 bits per heavy atom. The molecule has 2 aliphatic rings. The minimum absolute atomic E-state index is 0.224. The normalized spacial score (nSPS) is 34.7. The number of thiazole rings is 1. The van der Waals surface area contributed by atoms with Gasteiger partial charge in [0.2, 0.25) is 0 Å². The molecule has 0 radical (unpaired) electrons. The highest BCUT2D eigenvalue weighted by molar-refractivity contribution is 7.11. The first-order valence-corrected chi connectivity index (χ1v) is 6.84. The molecular formula is C12H18N2OS. The lowest BCUT2D eigenvalue weighted by molar-refractivity contribution is 0.181. The van der Waals surface area contributed by atoms with Crippen molar-refractivity contribution in [2.24, 2.45) is 0 Å². The fraction of sp³-hybridized carbons (Fsp3) is 0.750. The van der Waals surface area contributed by atoms with Crippen molar-refractivity contribution in [3.63, 3.8) is 0 Å². The lowest BCUT2D eigenvalue weighted by Gasteiger charge is -2.18. The van der Waals surface area contributed by atoms with Crippen molar-refractivity contribution < 1.29 is 4.74 Å². The van der Waals surface area contributed by atoms with Gasteiger partial charge in [-0.05, 0) is 19.4 Å². The molecule has 0 amide bonds. The number of rotatable bonds is 2. The van der Waals surface area contributed by atoms with Gasteiger partial charge in [0.05, 0.1) is 11.6 Å². The van der Waals surface area contributed by atoms with Crippen molar-refractivity contribution in [2.45, 2.75) is 31.1 Å². The van der Waals surface area contributed by atoms with E-state index in [4.69, 9.17) is 4.74 Å². The van der Waals surface area contributed by atoms with Crippen LogP contribution in [0.3, 0.4) is 0 Å². The summed E-state index contributed by atoms with van der Waals surface area (Å²) in [5, 5.41) is 4.71. The summed E-state index contributed by atoms with van der Waals surface area (Å²) < 4.78 is 5.52. The van der Waals surface area contributed by atoms with Crippen LogP contribution in [0.4, 0.5) is 0 Å². The van der Waals surface area contributed by atoms with Crippen molar-refractivity contribution in [2.75, 3.05) is 26.3 Å². The van der Waals surface area contributed by atoms with Crippen molar-refractivity contribution in [1.29, 1.82) is 0 Å². The van der Waals surface area contributed by atoms with Crippen LogP contribution in [0.2, 0.25) is 0 Å². The predicted octanol–water partition coefficient (Wildman–Crippen LogP) is 1.90. The lowest BCUT2D eigenvalue weighted by atomic mass is 9.89. The van der Waals surface area contributed by atoms with Crippen molar-refractivity contribution in [3.05, 3.63) is 16.1 Å². The Kier molecular flexibility index (Phi) is 2.73. The summed E-state index contributed by atoms with van der Waals surface area (Å²) >= 11 is 1.90. The molecule has 0 saturated carbocycles. The third-order valence-corrected chi connectivity index (χ3v) is 5.21. The van der Waals surface area contributed by atoms with Gasteiger partial charge in [0, 0.05) is 35.6 Å². The van der Waals surface area contributed by atoms with Gasteiger partial charge in [-0.1, -0.05) is 6.92 Å². The van der Waals surface area contributed by atoms with Crippen LogP contribution in [0.1, 0.15) is 35.6 Å². The Hall–Kier alpha value is -0.450. The van der Waals surface area contributed by atoms with Crippen LogP contribution in [0.25, 0.3) is 0 Å². The largest absolute Gasteiger partial charge is 0.380 e. The first-order chi connectivity index (χ1) is 7.78. The molecule has 2 fully saturated rings. The summed E-state index contributed by atoms with van der Waals surface area (Å²) in [7, 11) is 0. The molecule has 2 atom stereocenters. The third-order valence-electron chi connectivity index (χ3n) is 3.75. The van der Waals surface area contributed by atoms with E-state index in [0.29, 0.717) is 5.92 Å². The van der Waals surface area contributed by atoms with Gasteiger partial charge in [-0.25, -0.2) is 4.98 Å². The molecule has 1 aromatic heterocycles. The zero-order valence-corrected chi connectivity index (χ0v) is 10.5. The van der Waals surface area contributed by atoms with E-state index >= 15 is 0 Å². The van der Waals surface area contributed by atoms with Gasteiger partial charge in [-0.15, -0.1) is 11.3 Å². The highest BCUT2D eigenvalue weighted by atomic mass is 32.1. The molecule has 0 aliphatic carbocycles. The summed E-state index contributed by atoms with van der Waals surface area (Å²) in [5.74, 6) is 0.643. The molecule has 4 heteroatoms. The Balaban J connectivity index is 1.81. The Morgan fingerprint density at radius 3 is 3.25 bits per heavy atom. The van der Waals surface area contributed by atoms with Gasteiger partial charge in [0.15, 0.2) is 0 Å². The molecule has 3 rings (SSSR count). The van der Waals surface area contributed by atoms with E-state index in [2.05, 4.69) is 23.4 Å². The van der Waals surface area contributed by atoms with Gasteiger partial charge >= 0.3 is 0 Å². The predicted molar refractivity (Wildman–Crippen MR) is 65.1 cm³/mol. The molecule has 0 bridgehead atoms. The van der Waals surface area contributed by atoms with Crippen LogP contribution in [0.5, 0.6) is 0 Å². The number of ether oxygens (including phenoxy) is 1. The van der Waals surface area contributed by atoms with Crippen LogP contribution in [-0.2, 0) is 10.2 Å². The number of hydrogen-bond donors (Lipinski definition) is 1. The average Bonchev–Trinajstić information content (AvgIpc) is 2.98. The molecule has 3 nitrogen and oxygen atoms in total. The number of nitrogens with one attached hydrogen (secondary N) is 1. The van der Waals surface area contributed by atoms with E-state index in [0.717, 1.165) is 32.7 Å². The van der Waals surface area contributed by atoms with Crippen molar-refractivity contribution in [1.82, 2.24) is 10.3 Å². The van der Waals surface area contributed by atoms with E-state index in [-0.39, 0.29) is 5.41 Å².